The first-order valence-electron chi connectivity index (χ1n) is 6.37. The summed E-state index contributed by atoms with van der Waals surface area (Å²) in [6.07, 6.45) is -0.867. The van der Waals surface area contributed by atoms with Crippen LogP contribution in [0.4, 0.5) is 0 Å². The fourth-order valence-corrected chi connectivity index (χ4v) is 2.13. The van der Waals surface area contributed by atoms with Crippen LogP contribution in [0, 0.1) is 0 Å². The van der Waals surface area contributed by atoms with Crippen LogP contribution in [0.1, 0.15) is 5.56 Å². The standard InChI is InChI=1S/C16H15ClO4/c1-20-13-8-4-5-9-14(13)21-15(16(18)19)10-11-6-2-3-7-12(11)17/h2-9,15H,10H2,1H3,(H,18,19)/t15-/m1/s1. The van der Waals surface area contributed by atoms with E-state index in [9.17, 15) is 9.90 Å². The van der Waals surface area contributed by atoms with E-state index in [4.69, 9.17) is 21.1 Å². The monoisotopic (exact) mass is 306 g/mol. The number of carboxylic acids is 1. The molecule has 1 atom stereocenters. The third kappa shape index (κ3) is 3.89. The van der Waals surface area contributed by atoms with E-state index in [1.807, 2.05) is 6.07 Å². The average molecular weight is 307 g/mol. The SMILES string of the molecule is COc1ccccc1O[C@H](Cc1ccccc1Cl)C(=O)O. The van der Waals surface area contributed by atoms with Crippen LogP contribution in [0.25, 0.3) is 0 Å². The number of aliphatic carboxylic acids is 1. The predicted octanol–water partition coefficient (Wildman–Crippen LogP) is 3.42. The molecule has 21 heavy (non-hydrogen) atoms. The summed E-state index contributed by atoms with van der Waals surface area (Å²) in [6, 6.07) is 14.0. The highest BCUT2D eigenvalue weighted by Crippen LogP contribution is 2.28. The van der Waals surface area contributed by atoms with Gasteiger partial charge in [0.2, 0.25) is 0 Å². The molecule has 0 aliphatic rings. The Morgan fingerprint density at radius 1 is 1.14 bits per heavy atom. The van der Waals surface area contributed by atoms with E-state index in [2.05, 4.69) is 0 Å². The van der Waals surface area contributed by atoms with Gasteiger partial charge in [-0.25, -0.2) is 4.79 Å². The molecule has 4 nitrogen and oxygen atoms in total. The maximum Gasteiger partial charge on any atom is 0.345 e. The zero-order chi connectivity index (χ0) is 15.2. The molecule has 0 amide bonds. The molecular weight excluding hydrogens is 292 g/mol. The normalized spacial score (nSPS) is 11.7. The third-order valence-corrected chi connectivity index (χ3v) is 3.35. The predicted molar refractivity (Wildman–Crippen MR) is 80.2 cm³/mol. The lowest BCUT2D eigenvalue weighted by Gasteiger charge is -2.17. The van der Waals surface area contributed by atoms with Crippen molar-refractivity contribution in [1.29, 1.82) is 0 Å². The Morgan fingerprint density at radius 3 is 2.38 bits per heavy atom. The summed E-state index contributed by atoms with van der Waals surface area (Å²) in [5.41, 5.74) is 0.724. The maximum atomic E-state index is 11.4. The molecule has 0 saturated heterocycles. The number of carboxylic acid groups (broad SMARTS) is 1. The maximum absolute atomic E-state index is 11.4. The minimum absolute atomic E-state index is 0.174. The van der Waals surface area contributed by atoms with Crippen LogP contribution in [-0.4, -0.2) is 24.3 Å². The Labute approximate surface area is 127 Å². The minimum atomic E-state index is -1.05. The molecule has 0 spiro atoms. The lowest BCUT2D eigenvalue weighted by molar-refractivity contribution is -0.145. The number of benzene rings is 2. The first-order valence-corrected chi connectivity index (χ1v) is 6.75. The second-order valence-corrected chi connectivity index (χ2v) is 4.80. The number of methoxy groups -OCH3 is 1. The van der Waals surface area contributed by atoms with E-state index < -0.39 is 12.1 Å². The highest BCUT2D eigenvalue weighted by atomic mass is 35.5. The summed E-state index contributed by atoms with van der Waals surface area (Å²) in [5, 5.41) is 9.86. The number of halogens is 1. The van der Waals surface area contributed by atoms with Crippen molar-refractivity contribution in [3.8, 4) is 11.5 Å². The highest BCUT2D eigenvalue weighted by molar-refractivity contribution is 6.31. The fourth-order valence-electron chi connectivity index (χ4n) is 1.91. The van der Waals surface area contributed by atoms with E-state index in [-0.39, 0.29) is 6.42 Å². The van der Waals surface area contributed by atoms with E-state index in [1.165, 1.54) is 7.11 Å². The Bertz CT molecular complexity index is 627. The summed E-state index contributed by atoms with van der Waals surface area (Å²) < 4.78 is 10.7. The third-order valence-electron chi connectivity index (χ3n) is 2.98. The van der Waals surface area contributed by atoms with Crippen molar-refractivity contribution in [2.75, 3.05) is 7.11 Å². The molecule has 0 aromatic heterocycles. The molecule has 2 aromatic rings. The van der Waals surface area contributed by atoms with Gasteiger partial charge in [-0.1, -0.05) is 41.9 Å². The van der Waals surface area contributed by atoms with Crippen molar-refractivity contribution in [2.45, 2.75) is 12.5 Å². The molecule has 0 heterocycles. The highest BCUT2D eigenvalue weighted by Gasteiger charge is 2.22. The van der Waals surface area contributed by atoms with Gasteiger partial charge in [-0.3, -0.25) is 0 Å². The second-order valence-electron chi connectivity index (χ2n) is 4.39. The summed E-state index contributed by atoms with van der Waals surface area (Å²) >= 11 is 6.06. The van der Waals surface area contributed by atoms with Gasteiger partial charge < -0.3 is 14.6 Å². The molecular formula is C16H15ClO4. The van der Waals surface area contributed by atoms with Crippen molar-refractivity contribution >= 4 is 17.6 Å². The van der Waals surface area contributed by atoms with Crippen molar-refractivity contribution in [1.82, 2.24) is 0 Å². The molecule has 0 fully saturated rings. The lowest BCUT2D eigenvalue weighted by Crippen LogP contribution is -2.29. The van der Waals surface area contributed by atoms with Crippen molar-refractivity contribution in [3.05, 3.63) is 59.1 Å². The number of ether oxygens (including phenoxy) is 2. The quantitative estimate of drug-likeness (QED) is 0.888. The van der Waals surface area contributed by atoms with Gasteiger partial charge >= 0.3 is 5.97 Å². The van der Waals surface area contributed by atoms with Crippen LogP contribution >= 0.6 is 11.6 Å². The summed E-state index contributed by atoms with van der Waals surface area (Å²) in [5.74, 6) is -0.178. The van der Waals surface area contributed by atoms with Crippen molar-refractivity contribution in [3.63, 3.8) is 0 Å². The Hall–Kier alpha value is -2.20. The van der Waals surface area contributed by atoms with E-state index in [1.54, 1.807) is 42.5 Å². The zero-order valence-electron chi connectivity index (χ0n) is 11.5. The van der Waals surface area contributed by atoms with Crippen molar-refractivity contribution in [2.24, 2.45) is 0 Å². The first kappa shape index (κ1) is 15.2. The van der Waals surface area contributed by atoms with Gasteiger partial charge in [0.25, 0.3) is 0 Å². The van der Waals surface area contributed by atoms with Gasteiger partial charge in [0, 0.05) is 11.4 Å². The van der Waals surface area contributed by atoms with Crippen LogP contribution in [0.3, 0.4) is 0 Å². The number of carbonyl (C=O) groups is 1. The smallest absolute Gasteiger partial charge is 0.345 e. The van der Waals surface area contributed by atoms with E-state index in [0.717, 1.165) is 5.56 Å². The summed E-state index contributed by atoms with van der Waals surface area (Å²) in [7, 11) is 1.51. The average Bonchev–Trinajstić information content (AvgIpc) is 2.49. The van der Waals surface area contributed by atoms with Gasteiger partial charge in [0.1, 0.15) is 0 Å². The van der Waals surface area contributed by atoms with Gasteiger partial charge in [0.05, 0.1) is 7.11 Å². The topological polar surface area (TPSA) is 55.8 Å². The number of para-hydroxylation sites is 2. The van der Waals surface area contributed by atoms with Gasteiger partial charge in [-0.05, 0) is 23.8 Å². The molecule has 2 aromatic carbocycles. The Kier molecular flexibility index (Phi) is 5.06. The zero-order valence-corrected chi connectivity index (χ0v) is 12.2. The molecule has 5 heteroatoms. The number of rotatable bonds is 6. The molecule has 0 radical (unpaired) electrons. The van der Waals surface area contributed by atoms with Crippen molar-refractivity contribution < 1.29 is 19.4 Å². The molecule has 2 rings (SSSR count). The van der Waals surface area contributed by atoms with Gasteiger partial charge in [0.15, 0.2) is 17.6 Å². The lowest BCUT2D eigenvalue weighted by atomic mass is 10.1. The van der Waals surface area contributed by atoms with Crippen LogP contribution in [0.5, 0.6) is 11.5 Å². The molecule has 0 unspecified atom stereocenters. The van der Waals surface area contributed by atoms with Gasteiger partial charge in [-0.15, -0.1) is 0 Å². The molecule has 1 N–H and O–H groups in total. The van der Waals surface area contributed by atoms with E-state index >= 15 is 0 Å². The molecule has 0 aliphatic carbocycles. The first-order chi connectivity index (χ1) is 10.1. The number of hydrogen-bond donors (Lipinski definition) is 1. The second kappa shape index (κ2) is 6.99. The molecule has 110 valence electrons. The number of hydrogen-bond acceptors (Lipinski definition) is 3. The van der Waals surface area contributed by atoms with Crippen LogP contribution in [0.2, 0.25) is 5.02 Å². The van der Waals surface area contributed by atoms with Crippen LogP contribution in [-0.2, 0) is 11.2 Å². The molecule has 0 aliphatic heterocycles. The minimum Gasteiger partial charge on any atom is -0.493 e. The summed E-state index contributed by atoms with van der Waals surface area (Å²) in [6.45, 7) is 0. The summed E-state index contributed by atoms with van der Waals surface area (Å²) in [4.78, 5) is 11.4. The van der Waals surface area contributed by atoms with Crippen LogP contribution in [0.15, 0.2) is 48.5 Å². The Balaban J connectivity index is 2.20. The fraction of sp³-hybridized carbons (Fsp3) is 0.188. The van der Waals surface area contributed by atoms with E-state index in [0.29, 0.717) is 16.5 Å². The van der Waals surface area contributed by atoms with Crippen LogP contribution < -0.4 is 9.47 Å². The molecule has 0 saturated carbocycles. The largest absolute Gasteiger partial charge is 0.493 e. The Morgan fingerprint density at radius 2 is 1.76 bits per heavy atom. The molecule has 0 bridgehead atoms. The van der Waals surface area contributed by atoms with Gasteiger partial charge in [-0.2, -0.15) is 0 Å².